The smallest absolute Gasteiger partial charge is 0.335 e. The Morgan fingerprint density at radius 3 is 2.80 bits per heavy atom. The number of aromatic carboxylic acids is 1. The molecule has 0 saturated carbocycles. The molecule has 0 bridgehead atoms. The Kier molecular flexibility index (Phi) is 4.16. The molecule has 2 rings (SSSR count). The molecule has 20 heavy (non-hydrogen) atoms. The van der Waals surface area contributed by atoms with E-state index in [0.29, 0.717) is 11.5 Å². The zero-order chi connectivity index (χ0) is 14.5. The molecule has 9 heteroatoms. The van der Waals surface area contributed by atoms with E-state index >= 15 is 0 Å². The third kappa shape index (κ3) is 3.45. The first-order chi connectivity index (χ1) is 9.56. The fourth-order valence-electron chi connectivity index (χ4n) is 1.35. The number of halogens is 1. The van der Waals surface area contributed by atoms with Crippen molar-refractivity contribution in [2.24, 2.45) is 0 Å². The number of nitrogens with one attached hydrogen (secondary N) is 2. The summed E-state index contributed by atoms with van der Waals surface area (Å²) in [6.07, 6.45) is 1.15. The SMILES string of the molecule is O=C(NCc1ncon1)Nc1ccc(C(=O)O)cc1Cl. The van der Waals surface area contributed by atoms with Gasteiger partial charge in [0.15, 0.2) is 5.82 Å². The largest absolute Gasteiger partial charge is 0.478 e. The van der Waals surface area contributed by atoms with Gasteiger partial charge in [0.25, 0.3) is 0 Å². The van der Waals surface area contributed by atoms with Crippen LogP contribution in [-0.2, 0) is 6.54 Å². The first-order valence-corrected chi connectivity index (χ1v) is 5.77. The molecule has 0 fully saturated rings. The third-order valence-corrected chi connectivity index (χ3v) is 2.59. The molecule has 3 N–H and O–H groups in total. The van der Waals surface area contributed by atoms with Gasteiger partial charge < -0.3 is 20.3 Å². The number of nitrogens with zero attached hydrogens (tertiary/aromatic N) is 2. The maximum atomic E-state index is 11.6. The molecular weight excluding hydrogens is 288 g/mol. The summed E-state index contributed by atoms with van der Waals surface area (Å²) < 4.78 is 4.51. The molecule has 2 aromatic rings. The molecule has 1 aromatic carbocycles. The highest BCUT2D eigenvalue weighted by Gasteiger charge is 2.10. The number of anilines is 1. The van der Waals surface area contributed by atoms with E-state index in [4.69, 9.17) is 16.7 Å². The molecule has 1 aromatic heterocycles. The van der Waals surface area contributed by atoms with E-state index in [1.165, 1.54) is 18.2 Å². The van der Waals surface area contributed by atoms with Crippen molar-refractivity contribution in [3.63, 3.8) is 0 Å². The minimum atomic E-state index is -1.10. The van der Waals surface area contributed by atoms with Gasteiger partial charge in [-0.25, -0.2) is 9.59 Å². The van der Waals surface area contributed by atoms with Crippen molar-refractivity contribution in [1.29, 1.82) is 0 Å². The van der Waals surface area contributed by atoms with Gasteiger partial charge >= 0.3 is 12.0 Å². The monoisotopic (exact) mass is 296 g/mol. The zero-order valence-corrected chi connectivity index (χ0v) is 10.7. The topological polar surface area (TPSA) is 117 Å². The lowest BCUT2D eigenvalue weighted by Gasteiger charge is -2.08. The first kappa shape index (κ1) is 13.8. The van der Waals surface area contributed by atoms with Crippen molar-refractivity contribution in [3.8, 4) is 0 Å². The lowest BCUT2D eigenvalue weighted by atomic mass is 10.2. The number of hydrogen-bond acceptors (Lipinski definition) is 5. The van der Waals surface area contributed by atoms with Crippen LogP contribution in [-0.4, -0.2) is 27.2 Å². The summed E-state index contributed by atoms with van der Waals surface area (Å²) >= 11 is 5.87. The van der Waals surface area contributed by atoms with Crippen LogP contribution in [0.2, 0.25) is 5.02 Å². The average molecular weight is 297 g/mol. The van der Waals surface area contributed by atoms with E-state index in [9.17, 15) is 9.59 Å². The average Bonchev–Trinajstić information content (AvgIpc) is 2.91. The number of amides is 2. The van der Waals surface area contributed by atoms with Crippen molar-refractivity contribution >= 4 is 29.3 Å². The Labute approximate surface area is 117 Å². The van der Waals surface area contributed by atoms with Gasteiger partial charge in [-0.3, -0.25) is 0 Å². The number of hydrogen-bond donors (Lipinski definition) is 3. The lowest BCUT2D eigenvalue weighted by molar-refractivity contribution is 0.0697. The van der Waals surface area contributed by atoms with E-state index in [0.717, 1.165) is 6.39 Å². The van der Waals surface area contributed by atoms with Gasteiger partial charge in [0.1, 0.15) is 0 Å². The summed E-state index contributed by atoms with van der Waals surface area (Å²) in [4.78, 5) is 26.1. The van der Waals surface area contributed by atoms with Gasteiger partial charge in [0, 0.05) is 0 Å². The second-order valence-electron chi connectivity index (χ2n) is 3.65. The van der Waals surface area contributed by atoms with Crippen LogP contribution in [0.1, 0.15) is 16.2 Å². The number of urea groups is 1. The Bertz CT molecular complexity index is 629. The number of aromatic nitrogens is 2. The van der Waals surface area contributed by atoms with Gasteiger partial charge in [-0.2, -0.15) is 4.98 Å². The molecule has 0 aliphatic rings. The quantitative estimate of drug-likeness (QED) is 0.791. The van der Waals surface area contributed by atoms with Crippen LogP contribution in [0.4, 0.5) is 10.5 Å². The fourth-order valence-corrected chi connectivity index (χ4v) is 1.57. The number of rotatable bonds is 4. The molecule has 1 heterocycles. The Morgan fingerprint density at radius 2 is 2.20 bits per heavy atom. The minimum absolute atomic E-state index is 0.0350. The second-order valence-corrected chi connectivity index (χ2v) is 4.06. The molecule has 0 radical (unpaired) electrons. The molecule has 2 amide bonds. The van der Waals surface area contributed by atoms with Crippen LogP contribution in [0.3, 0.4) is 0 Å². The van der Waals surface area contributed by atoms with Gasteiger partial charge in [-0.15, -0.1) is 0 Å². The standard InChI is InChI=1S/C11H9ClN4O4/c12-7-3-6(10(17)18)1-2-8(7)15-11(19)13-4-9-14-5-20-16-9/h1-3,5H,4H2,(H,17,18)(H2,13,15,19). The van der Waals surface area contributed by atoms with E-state index in [1.807, 2.05) is 0 Å². The highest BCUT2D eigenvalue weighted by molar-refractivity contribution is 6.34. The van der Waals surface area contributed by atoms with E-state index in [1.54, 1.807) is 0 Å². The van der Waals surface area contributed by atoms with Gasteiger partial charge in [0.05, 0.1) is 22.8 Å². The number of carboxylic acid groups (broad SMARTS) is 1. The Morgan fingerprint density at radius 1 is 1.40 bits per heavy atom. The summed E-state index contributed by atoms with van der Waals surface area (Å²) in [6, 6.07) is 3.46. The van der Waals surface area contributed by atoms with Gasteiger partial charge in [-0.05, 0) is 18.2 Å². The Balaban J connectivity index is 1.95. The number of benzene rings is 1. The maximum absolute atomic E-state index is 11.6. The molecule has 0 aliphatic carbocycles. The van der Waals surface area contributed by atoms with Crippen LogP contribution in [0.25, 0.3) is 0 Å². The molecule has 0 aliphatic heterocycles. The highest BCUT2D eigenvalue weighted by Crippen LogP contribution is 2.22. The van der Waals surface area contributed by atoms with Crippen molar-refractivity contribution in [2.45, 2.75) is 6.54 Å². The Hall–Kier alpha value is -2.61. The summed E-state index contributed by atoms with van der Waals surface area (Å²) in [5.41, 5.74) is 0.329. The van der Waals surface area contributed by atoms with Crippen LogP contribution >= 0.6 is 11.6 Å². The first-order valence-electron chi connectivity index (χ1n) is 5.39. The summed E-state index contributed by atoms with van der Waals surface area (Å²) in [5.74, 6) is -0.771. The van der Waals surface area contributed by atoms with Crippen molar-refractivity contribution in [3.05, 3.63) is 41.0 Å². The fraction of sp³-hybridized carbons (Fsp3) is 0.0909. The maximum Gasteiger partial charge on any atom is 0.335 e. The molecule has 0 unspecified atom stereocenters. The molecule has 0 atom stereocenters. The molecular formula is C11H9ClN4O4. The van der Waals surface area contributed by atoms with Crippen LogP contribution < -0.4 is 10.6 Å². The number of carbonyl (C=O) groups is 2. The second kappa shape index (κ2) is 6.02. The molecule has 104 valence electrons. The summed E-state index contributed by atoms with van der Waals surface area (Å²) in [7, 11) is 0. The van der Waals surface area contributed by atoms with Gasteiger partial charge in [-0.1, -0.05) is 16.8 Å². The van der Waals surface area contributed by atoms with Gasteiger partial charge in [0.2, 0.25) is 6.39 Å². The van der Waals surface area contributed by atoms with E-state index < -0.39 is 12.0 Å². The lowest BCUT2D eigenvalue weighted by Crippen LogP contribution is -2.28. The van der Waals surface area contributed by atoms with Crippen molar-refractivity contribution < 1.29 is 19.2 Å². The summed E-state index contributed by atoms with van der Waals surface area (Å²) in [5, 5.41) is 17.4. The zero-order valence-electron chi connectivity index (χ0n) is 9.96. The van der Waals surface area contributed by atoms with Crippen molar-refractivity contribution in [2.75, 3.05) is 5.32 Å². The predicted molar refractivity (Wildman–Crippen MR) is 68.6 cm³/mol. The number of carbonyl (C=O) groups excluding carboxylic acids is 1. The van der Waals surface area contributed by atoms with Crippen LogP contribution in [0, 0.1) is 0 Å². The molecule has 8 nitrogen and oxygen atoms in total. The van der Waals surface area contributed by atoms with E-state index in [2.05, 4.69) is 25.3 Å². The van der Waals surface area contributed by atoms with Crippen LogP contribution in [0.15, 0.2) is 29.1 Å². The highest BCUT2D eigenvalue weighted by atomic mass is 35.5. The number of carboxylic acids is 1. The summed E-state index contributed by atoms with van der Waals surface area (Å²) in [6.45, 7) is 0.0904. The molecule has 0 spiro atoms. The molecule has 0 saturated heterocycles. The van der Waals surface area contributed by atoms with Crippen molar-refractivity contribution in [1.82, 2.24) is 15.5 Å². The van der Waals surface area contributed by atoms with E-state index in [-0.39, 0.29) is 17.1 Å². The third-order valence-electron chi connectivity index (χ3n) is 2.28. The normalized spacial score (nSPS) is 10.1. The minimum Gasteiger partial charge on any atom is -0.478 e. The predicted octanol–water partition coefficient (Wildman–Crippen LogP) is 1.74. The van der Waals surface area contributed by atoms with Crippen LogP contribution in [0.5, 0.6) is 0 Å².